The maximum atomic E-state index is 14.2. The van der Waals surface area contributed by atoms with Crippen LogP contribution < -0.4 is 24.8 Å². The third-order valence-electron chi connectivity index (χ3n) is 5.91. The lowest BCUT2D eigenvalue weighted by molar-refractivity contribution is 0.102. The van der Waals surface area contributed by atoms with Crippen LogP contribution in [0.15, 0.2) is 67.1 Å². The Morgan fingerprint density at radius 3 is 2.58 bits per heavy atom. The maximum absolute atomic E-state index is 14.2. The van der Waals surface area contributed by atoms with Crippen molar-refractivity contribution in [3.63, 3.8) is 0 Å². The molecule has 14 heteroatoms. The van der Waals surface area contributed by atoms with Crippen molar-refractivity contribution >= 4 is 45.5 Å². The van der Waals surface area contributed by atoms with Crippen molar-refractivity contribution in [1.82, 2.24) is 19.1 Å². The zero-order valence-corrected chi connectivity index (χ0v) is 21.6. The monoisotopic (exact) mass is 561 g/mol. The number of fused-ring (bicyclic) bond motifs is 1. The van der Waals surface area contributed by atoms with Gasteiger partial charge in [-0.3, -0.25) is 4.79 Å². The molecule has 0 radical (unpaired) electrons. The third kappa shape index (κ3) is 6.37. The van der Waals surface area contributed by atoms with E-state index < -0.39 is 21.9 Å². The van der Waals surface area contributed by atoms with Gasteiger partial charge in [-0.2, -0.15) is 13.1 Å². The van der Waals surface area contributed by atoms with Gasteiger partial charge in [0.1, 0.15) is 17.3 Å². The zero-order chi connectivity index (χ0) is 26.0. The highest BCUT2D eigenvalue weighted by Gasteiger charge is 2.24. The highest BCUT2D eigenvalue weighted by molar-refractivity contribution is 7.87. The van der Waals surface area contributed by atoms with Crippen molar-refractivity contribution in [3.05, 3.63) is 78.6 Å². The first-order valence-corrected chi connectivity index (χ1v) is 13.0. The van der Waals surface area contributed by atoms with E-state index in [2.05, 4.69) is 20.0 Å². The minimum Gasteiger partial charge on any atom is -0.436 e. The van der Waals surface area contributed by atoms with Crippen LogP contribution in [0.3, 0.4) is 0 Å². The summed E-state index contributed by atoms with van der Waals surface area (Å²) < 4.78 is 46.7. The van der Waals surface area contributed by atoms with Crippen molar-refractivity contribution in [2.45, 2.75) is 18.9 Å². The number of benzene rings is 2. The van der Waals surface area contributed by atoms with Crippen LogP contribution in [-0.2, 0) is 10.2 Å². The molecule has 0 atom stereocenters. The predicted octanol–water partition coefficient (Wildman–Crippen LogP) is 3.10. The normalized spacial score (nSPS) is 14.2. The SMILES string of the molecule is Cl.NS(=O)(=O)NC1CCN(c2ccc(F)cc2NC(=O)c2cn3ccnc3c(Oc3ccccc3)n2)CC1. The van der Waals surface area contributed by atoms with E-state index in [9.17, 15) is 17.6 Å². The Hall–Kier alpha value is -3.78. The molecule has 3 heterocycles. The van der Waals surface area contributed by atoms with Crippen molar-refractivity contribution in [2.24, 2.45) is 5.14 Å². The average molecular weight is 562 g/mol. The van der Waals surface area contributed by atoms with Gasteiger partial charge in [-0.1, -0.05) is 18.2 Å². The first-order chi connectivity index (χ1) is 17.7. The number of anilines is 2. The van der Waals surface area contributed by atoms with Crippen LogP contribution in [0.4, 0.5) is 15.8 Å². The van der Waals surface area contributed by atoms with E-state index >= 15 is 0 Å². The highest BCUT2D eigenvalue weighted by Crippen LogP contribution is 2.30. The summed E-state index contributed by atoms with van der Waals surface area (Å²) in [5.74, 6) is -0.403. The molecule has 4 aromatic rings. The van der Waals surface area contributed by atoms with E-state index in [-0.39, 0.29) is 35.7 Å². The Labute approximate surface area is 224 Å². The third-order valence-corrected chi connectivity index (χ3v) is 6.57. The number of aromatic nitrogens is 3. The molecule has 2 aromatic heterocycles. The fourth-order valence-electron chi connectivity index (χ4n) is 4.22. The molecule has 1 saturated heterocycles. The lowest BCUT2D eigenvalue weighted by atomic mass is 10.0. The fourth-order valence-corrected chi connectivity index (χ4v) is 4.92. The second-order valence-corrected chi connectivity index (χ2v) is 9.87. The maximum Gasteiger partial charge on any atom is 0.276 e. The number of para-hydroxylation sites is 1. The number of carbonyl (C=O) groups is 1. The predicted molar refractivity (Wildman–Crippen MR) is 143 cm³/mol. The summed E-state index contributed by atoms with van der Waals surface area (Å²) in [6.45, 7) is 0.964. The number of halogens is 2. The summed E-state index contributed by atoms with van der Waals surface area (Å²) in [6.07, 6.45) is 5.74. The molecule has 0 spiro atoms. The largest absolute Gasteiger partial charge is 0.436 e. The van der Waals surface area contributed by atoms with Crippen LogP contribution in [-0.4, -0.2) is 47.8 Å². The summed E-state index contributed by atoms with van der Waals surface area (Å²) in [4.78, 5) is 23.8. The standard InChI is InChI=1S/C24H24FN7O4S.ClH/c25-16-6-7-21(31-11-8-17(9-12-31)30-37(26,34)35)19(14-16)28-23(33)20-15-32-13-10-27-22(32)24(29-20)36-18-4-2-1-3-5-18;/h1-7,10,13-15,17,30H,8-9,11-12H2,(H,28,33)(H2,26,34,35);1H. The lowest BCUT2D eigenvalue weighted by Crippen LogP contribution is -2.46. The number of amides is 1. The molecular weight excluding hydrogens is 537 g/mol. The molecule has 1 amide bonds. The number of rotatable bonds is 7. The van der Waals surface area contributed by atoms with E-state index in [1.165, 1.54) is 18.3 Å². The minimum absolute atomic E-state index is 0. The molecule has 4 N–H and O–H groups in total. The van der Waals surface area contributed by atoms with Gasteiger partial charge in [0.15, 0.2) is 0 Å². The van der Waals surface area contributed by atoms with Crippen LogP contribution in [0.1, 0.15) is 23.3 Å². The van der Waals surface area contributed by atoms with E-state index in [1.54, 1.807) is 35.0 Å². The average Bonchev–Trinajstić information content (AvgIpc) is 3.34. The van der Waals surface area contributed by atoms with Crippen molar-refractivity contribution in [1.29, 1.82) is 0 Å². The molecule has 1 fully saturated rings. The van der Waals surface area contributed by atoms with Gasteiger partial charge < -0.3 is 19.4 Å². The molecule has 0 unspecified atom stereocenters. The van der Waals surface area contributed by atoms with Crippen molar-refractivity contribution < 1.29 is 22.3 Å². The van der Waals surface area contributed by atoms with E-state index in [4.69, 9.17) is 9.88 Å². The number of hydrogen-bond acceptors (Lipinski definition) is 7. The van der Waals surface area contributed by atoms with Crippen molar-refractivity contribution in [3.8, 4) is 11.6 Å². The molecule has 0 bridgehead atoms. The van der Waals surface area contributed by atoms with E-state index in [0.29, 0.717) is 43.0 Å². The first-order valence-electron chi connectivity index (χ1n) is 11.5. The Morgan fingerprint density at radius 2 is 1.87 bits per heavy atom. The quantitative estimate of drug-likeness (QED) is 0.314. The Kier molecular flexibility index (Phi) is 8.11. The number of nitrogens with one attached hydrogen (secondary N) is 2. The van der Waals surface area contributed by atoms with Gasteiger partial charge in [-0.25, -0.2) is 19.5 Å². The molecule has 0 saturated carbocycles. The van der Waals surface area contributed by atoms with Crippen LogP contribution in [0, 0.1) is 5.82 Å². The highest BCUT2D eigenvalue weighted by atomic mass is 35.5. The van der Waals surface area contributed by atoms with Gasteiger partial charge in [0.05, 0.1) is 11.4 Å². The van der Waals surface area contributed by atoms with Crippen LogP contribution in [0.5, 0.6) is 11.6 Å². The number of nitrogens with two attached hydrogens (primary N) is 1. The summed E-state index contributed by atoms with van der Waals surface area (Å²) in [5.41, 5.74) is 1.35. The number of piperidine rings is 1. The number of ether oxygens (including phenoxy) is 1. The molecule has 2 aromatic carbocycles. The first kappa shape index (κ1) is 27.3. The van der Waals surface area contributed by atoms with Gasteiger partial charge in [0.2, 0.25) is 5.65 Å². The summed E-state index contributed by atoms with van der Waals surface area (Å²) >= 11 is 0. The molecule has 200 valence electrons. The van der Waals surface area contributed by atoms with Gasteiger partial charge >= 0.3 is 0 Å². The van der Waals surface area contributed by atoms with Crippen LogP contribution in [0.2, 0.25) is 0 Å². The zero-order valence-electron chi connectivity index (χ0n) is 20.0. The minimum atomic E-state index is -3.80. The van der Waals surface area contributed by atoms with Gasteiger partial charge in [0, 0.05) is 37.7 Å². The lowest BCUT2D eigenvalue weighted by Gasteiger charge is -2.34. The number of carbonyl (C=O) groups excluding carboxylic acids is 1. The molecule has 11 nitrogen and oxygen atoms in total. The van der Waals surface area contributed by atoms with Crippen molar-refractivity contribution in [2.75, 3.05) is 23.3 Å². The van der Waals surface area contributed by atoms with E-state index in [0.717, 1.165) is 0 Å². The number of hydrogen-bond donors (Lipinski definition) is 3. The Morgan fingerprint density at radius 1 is 1.13 bits per heavy atom. The molecule has 5 rings (SSSR count). The van der Waals surface area contributed by atoms with E-state index in [1.807, 2.05) is 23.1 Å². The molecular formula is C24H25ClFN7O4S. The topological polar surface area (TPSA) is 144 Å². The molecule has 38 heavy (non-hydrogen) atoms. The van der Waals surface area contributed by atoms with Crippen LogP contribution >= 0.6 is 12.4 Å². The smallest absolute Gasteiger partial charge is 0.276 e. The fraction of sp³-hybridized carbons (Fsp3) is 0.208. The van der Waals surface area contributed by atoms with Gasteiger partial charge in [-0.05, 0) is 43.2 Å². The summed E-state index contributed by atoms with van der Waals surface area (Å²) in [6, 6.07) is 12.8. The second-order valence-electron chi connectivity index (χ2n) is 8.54. The Balaban J connectivity index is 0.00000336. The molecule has 1 aliphatic heterocycles. The molecule has 0 aliphatic carbocycles. The van der Waals surface area contributed by atoms with Gasteiger partial charge in [0.25, 0.3) is 22.0 Å². The molecule has 1 aliphatic rings. The summed E-state index contributed by atoms with van der Waals surface area (Å²) in [7, 11) is -3.80. The Bertz CT molecular complexity index is 1540. The number of imidazole rings is 1. The van der Waals surface area contributed by atoms with Crippen LogP contribution in [0.25, 0.3) is 5.65 Å². The summed E-state index contributed by atoms with van der Waals surface area (Å²) in [5, 5.41) is 7.84. The van der Waals surface area contributed by atoms with Gasteiger partial charge in [-0.15, -0.1) is 12.4 Å². The second kappa shape index (κ2) is 11.3. The number of nitrogens with zero attached hydrogens (tertiary/aromatic N) is 4.